The van der Waals surface area contributed by atoms with Crippen molar-refractivity contribution in [3.05, 3.63) is 65.2 Å². The first kappa shape index (κ1) is 19.9. The van der Waals surface area contributed by atoms with Gasteiger partial charge in [0.1, 0.15) is 5.75 Å². The molecule has 2 N–H and O–H groups in total. The number of aryl methyl sites for hydroxylation is 1. The lowest BCUT2D eigenvalue weighted by molar-refractivity contribution is -0.122. The second-order valence-corrected chi connectivity index (χ2v) is 7.62. The van der Waals surface area contributed by atoms with E-state index < -0.39 is 0 Å². The highest BCUT2D eigenvalue weighted by atomic mass is 16.5. The van der Waals surface area contributed by atoms with E-state index in [0.29, 0.717) is 25.8 Å². The second kappa shape index (κ2) is 8.91. The van der Waals surface area contributed by atoms with Crippen LogP contribution in [0.3, 0.4) is 0 Å². The third kappa shape index (κ3) is 5.35. The van der Waals surface area contributed by atoms with E-state index in [1.807, 2.05) is 24.3 Å². The van der Waals surface area contributed by atoms with Crippen LogP contribution in [0.15, 0.2) is 48.5 Å². The van der Waals surface area contributed by atoms with Gasteiger partial charge >= 0.3 is 0 Å². The van der Waals surface area contributed by atoms with Crippen molar-refractivity contribution in [2.45, 2.75) is 51.1 Å². The molecule has 1 heterocycles. The lowest BCUT2D eigenvalue weighted by atomic mass is 9.84. The summed E-state index contributed by atoms with van der Waals surface area (Å²) in [4.78, 5) is 24.3. The molecule has 5 nitrogen and oxygen atoms in total. The Morgan fingerprint density at radius 3 is 2.39 bits per heavy atom. The molecule has 1 aliphatic rings. The van der Waals surface area contributed by atoms with E-state index >= 15 is 0 Å². The molecule has 2 aromatic carbocycles. The summed E-state index contributed by atoms with van der Waals surface area (Å²) in [5, 5.41) is 6.11. The number of ether oxygens (including phenoxy) is 1. The van der Waals surface area contributed by atoms with Crippen LogP contribution in [0.2, 0.25) is 0 Å². The van der Waals surface area contributed by atoms with Gasteiger partial charge in [-0.2, -0.15) is 0 Å². The average molecular weight is 380 g/mol. The van der Waals surface area contributed by atoms with E-state index in [4.69, 9.17) is 4.74 Å². The fourth-order valence-electron chi connectivity index (χ4n) is 3.66. The van der Waals surface area contributed by atoms with E-state index in [0.717, 1.165) is 24.2 Å². The third-order valence-corrected chi connectivity index (χ3v) is 5.38. The molecule has 0 saturated carbocycles. The van der Waals surface area contributed by atoms with Gasteiger partial charge in [-0.3, -0.25) is 9.59 Å². The monoisotopic (exact) mass is 380 g/mol. The number of benzene rings is 2. The number of rotatable bonds is 8. The van der Waals surface area contributed by atoms with Crippen molar-refractivity contribution >= 4 is 11.8 Å². The van der Waals surface area contributed by atoms with Gasteiger partial charge in [-0.1, -0.05) is 42.0 Å². The maximum Gasteiger partial charge on any atom is 0.220 e. The largest absolute Gasteiger partial charge is 0.497 e. The molecule has 28 heavy (non-hydrogen) atoms. The molecule has 0 radical (unpaired) electrons. The van der Waals surface area contributed by atoms with Crippen LogP contribution in [-0.2, 0) is 22.6 Å². The van der Waals surface area contributed by atoms with Gasteiger partial charge in [0.2, 0.25) is 11.8 Å². The van der Waals surface area contributed by atoms with Crippen LogP contribution >= 0.6 is 0 Å². The van der Waals surface area contributed by atoms with Crippen LogP contribution < -0.4 is 15.4 Å². The highest BCUT2D eigenvalue weighted by Crippen LogP contribution is 2.29. The summed E-state index contributed by atoms with van der Waals surface area (Å²) in [5.74, 6) is 0.871. The van der Waals surface area contributed by atoms with E-state index in [2.05, 4.69) is 41.8 Å². The molecule has 0 spiro atoms. The number of carbonyl (C=O) groups is 2. The standard InChI is InChI=1S/C23H28N2O3/c1-17-3-5-18(6-4-17)15-23(14-12-22(27)25-23)13-11-21(26)24-16-19-7-9-20(28-2)10-8-19/h3-10H,11-16H2,1-2H3,(H,24,26)(H,25,27). The van der Waals surface area contributed by atoms with Gasteiger partial charge in [-0.05, 0) is 49.4 Å². The normalized spacial score (nSPS) is 18.6. The molecule has 1 aliphatic heterocycles. The van der Waals surface area contributed by atoms with Crippen LogP contribution in [0.25, 0.3) is 0 Å². The number of amides is 2. The van der Waals surface area contributed by atoms with Crippen molar-refractivity contribution < 1.29 is 14.3 Å². The van der Waals surface area contributed by atoms with Gasteiger partial charge in [0.05, 0.1) is 7.11 Å². The van der Waals surface area contributed by atoms with Crippen molar-refractivity contribution in [2.24, 2.45) is 0 Å². The van der Waals surface area contributed by atoms with Gasteiger partial charge < -0.3 is 15.4 Å². The summed E-state index contributed by atoms with van der Waals surface area (Å²) < 4.78 is 5.14. The first-order chi connectivity index (χ1) is 13.5. The zero-order valence-electron chi connectivity index (χ0n) is 16.6. The van der Waals surface area contributed by atoms with Crippen LogP contribution in [0.4, 0.5) is 0 Å². The average Bonchev–Trinajstić information content (AvgIpc) is 3.08. The molecule has 1 atom stereocenters. The molecule has 0 aliphatic carbocycles. The zero-order valence-corrected chi connectivity index (χ0v) is 16.6. The topological polar surface area (TPSA) is 67.4 Å². The van der Waals surface area contributed by atoms with E-state index in [1.54, 1.807) is 7.11 Å². The molecular formula is C23H28N2O3. The van der Waals surface area contributed by atoms with Crippen LogP contribution in [-0.4, -0.2) is 24.5 Å². The third-order valence-electron chi connectivity index (χ3n) is 5.38. The van der Waals surface area contributed by atoms with Gasteiger partial charge in [0.25, 0.3) is 0 Å². The van der Waals surface area contributed by atoms with Crippen LogP contribution in [0.1, 0.15) is 42.4 Å². The second-order valence-electron chi connectivity index (χ2n) is 7.62. The highest BCUT2D eigenvalue weighted by molar-refractivity contribution is 5.80. The van der Waals surface area contributed by atoms with Crippen LogP contribution in [0, 0.1) is 6.92 Å². The van der Waals surface area contributed by atoms with Crippen molar-refractivity contribution in [2.75, 3.05) is 7.11 Å². The van der Waals surface area contributed by atoms with Gasteiger partial charge in [-0.25, -0.2) is 0 Å². The number of methoxy groups -OCH3 is 1. The molecule has 2 amide bonds. The van der Waals surface area contributed by atoms with E-state index in [-0.39, 0.29) is 17.4 Å². The summed E-state index contributed by atoms with van der Waals surface area (Å²) in [6.45, 7) is 2.55. The zero-order chi connectivity index (χ0) is 20.0. The minimum atomic E-state index is -0.330. The summed E-state index contributed by atoms with van der Waals surface area (Å²) in [5.41, 5.74) is 3.10. The smallest absolute Gasteiger partial charge is 0.220 e. The predicted octanol–water partition coefficient (Wildman–Crippen LogP) is 3.29. The lowest BCUT2D eigenvalue weighted by Gasteiger charge is -2.29. The number of carbonyl (C=O) groups excluding carboxylic acids is 2. The molecule has 0 aromatic heterocycles. The Balaban J connectivity index is 1.54. The lowest BCUT2D eigenvalue weighted by Crippen LogP contribution is -2.44. The van der Waals surface area contributed by atoms with E-state index in [9.17, 15) is 9.59 Å². The van der Waals surface area contributed by atoms with Crippen LogP contribution in [0.5, 0.6) is 5.75 Å². The Bertz CT molecular complexity index is 815. The SMILES string of the molecule is COc1ccc(CNC(=O)CCC2(Cc3ccc(C)cc3)CCC(=O)N2)cc1. The fourth-order valence-corrected chi connectivity index (χ4v) is 3.66. The molecular weight excluding hydrogens is 352 g/mol. The molecule has 2 aromatic rings. The minimum absolute atomic E-state index is 0.000230. The maximum absolute atomic E-state index is 12.4. The Labute approximate surface area is 166 Å². The molecule has 3 rings (SSSR count). The first-order valence-electron chi connectivity index (χ1n) is 9.74. The summed E-state index contributed by atoms with van der Waals surface area (Å²) >= 11 is 0. The highest BCUT2D eigenvalue weighted by Gasteiger charge is 2.37. The Morgan fingerprint density at radius 2 is 1.79 bits per heavy atom. The summed E-state index contributed by atoms with van der Waals surface area (Å²) in [6, 6.07) is 16.0. The van der Waals surface area contributed by atoms with Crippen molar-refractivity contribution in [1.82, 2.24) is 10.6 Å². The molecule has 1 fully saturated rings. The summed E-state index contributed by atoms with van der Waals surface area (Å²) in [6.07, 6.45) is 3.08. The quantitative estimate of drug-likeness (QED) is 0.738. The Morgan fingerprint density at radius 1 is 1.11 bits per heavy atom. The minimum Gasteiger partial charge on any atom is -0.497 e. The molecule has 1 unspecified atom stereocenters. The van der Waals surface area contributed by atoms with Crippen molar-refractivity contribution in [1.29, 1.82) is 0 Å². The molecule has 0 bridgehead atoms. The number of hydrogen-bond acceptors (Lipinski definition) is 3. The molecule has 148 valence electrons. The number of nitrogens with one attached hydrogen (secondary N) is 2. The first-order valence-corrected chi connectivity index (χ1v) is 9.74. The fraction of sp³-hybridized carbons (Fsp3) is 0.391. The van der Waals surface area contributed by atoms with Gasteiger partial charge in [0, 0.05) is 24.9 Å². The van der Waals surface area contributed by atoms with Gasteiger partial charge in [0.15, 0.2) is 0 Å². The maximum atomic E-state index is 12.4. The Hall–Kier alpha value is -2.82. The number of hydrogen-bond donors (Lipinski definition) is 2. The Kier molecular flexibility index (Phi) is 6.34. The van der Waals surface area contributed by atoms with Crippen molar-refractivity contribution in [3.8, 4) is 5.75 Å². The van der Waals surface area contributed by atoms with Crippen molar-refractivity contribution in [3.63, 3.8) is 0 Å². The van der Waals surface area contributed by atoms with E-state index in [1.165, 1.54) is 11.1 Å². The summed E-state index contributed by atoms with van der Waals surface area (Å²) in [7, 11) is 1.63. The molecule has 1 saturated heterocycles. The van der Waals surface area contributed by atoms with Gasteiger partial charge in [-0.15, -0.1) is 0 Å². The predicted molar refractivity (Wildman–Crippen MR) is 109 cm³/mol. The molecule has 5 heteroatoms.